The maximum Gasteiger partial charge on any atom is 0.159 e. The third-order valence-corrected chi connectivity index (χ3v) is 4.11. The highest BCUT2D eigenvalue weighted by molar-refractivity contribution is 9.11. The minimum absolute atomic E-state index is 0.867. The van der Waals surface area contributed by atoms with Gasteiger partial charge in [0.05, 0.1) is 0 Å². The van der Waals surface area contributed by atoms with Crippen molar-refractivity contribution in [3.63, 3.8) is 0 Å². The van der Waals surface area contributed by atoms with Crippen LogP contribution in [0.4, 0.5) is 0 Å². The van der Waals surface area contributed by atoms with Gasteiger partial charge in [0.1, 0.15) is 15.3 Å². The van der Waals surface area contributed by atoms with Crippen molar-refractivity contribution in [2.24, 2.45) is 0 Å². The van der Waals surface area contributed by atoms with E-state index in [1.54, 1.807) is 22.7 Å². The largest absolute Gasteiger partial charge is 0.227 e. The maximum atomic E-state index is 4.26. The van der Waals surface area contributed by atoms with Crippen molar-refractivity contribution in [3.8, 4) is 10.7 Å². The Morgan fingerprint density at radius 1 is 1.08 bits per heavy atom. The predicted octanol–water partition coefficient (Wildman–Crippen LogP) is 3.79. The van der Waals surface area contributed by atoms with Crippen molar-refractivity contribution in [2.45, 2.75) is 0 Å². The van der Waals surface area contributed by atoms with Crippen molar-refractivity contribution in [3.05, 3.63) is 19.3 Å². The van der Waals surface area contributed by atoms with Crippen LogP contribution in [0.3, 0.4) is 0 Å². The van der Waals surface area contributed by atoms with Crippen LogP contribution in [0, 0.1) is 0 Å². The van der Waals surface area contributed by atoms with Crippen LogP contribution < -0.4 is 0 Å². The third kappa shape index (κ3) is 1.76. The lowest BCUT2D eigenvalue weighted by atomic mass is 10.5. The molecule has 2 nitrogen and oxygen atoms in total. The van der Waals surface area contributed by atoms with Crippen LogP contribution in [0.15, 0.2) is 19.3 Å². The second-order valence-electron chi connectivity index (χ2n) is 1.96. The van der Waals surface area contributed by atoms with Gasteiger partial charge in [-0.1, -0.05) is 0 Å². The van der Waals surface area contributed by atoms with E-state index in [1.807, 2.05) is 10.8 Å². The zero-order valence-electron chi connectivity index (χ0n) is 5.62. The van der Waals surface area contributed by atoms with Crippen molar-refractivity contribution in [1.82, 2.24) is 9.97 Å². The smallest absolute Gasteiger partial charge is 0.159 e. The number of nitrogens with zero attached hydrogens (tertiary/aromatic N) is 2. The Morgan fingerprint density at radius 3 is 2.42 bits per heavy atom. The van der Waals surface area contributed by atoms with Gasteiger partial charge < -0.3 is 0 Å². The fraction of sp³-hybridized carbons (Fsp3) is 0. The summed E-state index contributed by atoms with van der Waals surface area (Å²) in [6.07, 6.45) is 0. The molecule has 62 valence electrons. The quantitative estimate of drug-likeness (QED) is 0.797. The molecular formula is C6H2Br2N2S2. The van der Waals surface area contributed by atoms with E-state index in [1.165, 1.54) is 0 Å². The van der Waals surface area contributed by atoms with E-state index < -0.39 is 0 Å². The van der Waals surface area contributed by atoms with E-state index in [-0.39, 0.29) is 0 Å². The molecule has 0 radical (unpaired) electrons. The molecule has 0 aliphatic carbocycles. The second kappa shape index (κ2) is 3.53. The van der Waals surface area contributed by atoms with Crippen LogP contribution in [-0.2, 0) is 0 Å². The molecule has 2 heterocycles. The zero-order valence-corrected chi connectivity index (χ0v) is 10.4. The molecule has 0 spiro atoms. The molecule has 2 aromatic heterocycles. The van der Waals surface area contributed by atoms with Gasteiger partial charge in [-0.05, 0) is 31.9 Å². The molecule has 0 aromatic carbocycles. The van der Waals surface area contributed by atoms with Gasteiger partial charge >= 0.3 is 0 Å². The first-order valence-corrected chi connectivity index (χ1v) is 6.32. The van der Waals surface area contributed by atoms with Gasteiger partial charge in [-0.3, -0.25) is 0 Å². The molecule has 0 unspecified atom stereocenters. The highest BCUT2D eigenvalue weighted by Crippen LogP contribution is 2.28. The molecule has 0 saturated carbocycles. The van der Waals surface area contributed by atoms with Crippen LogP contribution >= 0.6 is 54.5 Å². The number of aromatic nitrogens is 2. The fourth-order valence-electron chi connectivity index (χ4n) is 0.722. The van der Waals surface area contributed by atoms with Gasteiger partial charge in [-0.15, -0.1) is 22.7 Å². The average molecular weight is 326 g/mol. The van der Waals surface area contributed by atoms with Gasteiger partial charge in [0.15, 0.2) is 3.92 Å². The molecule has 0 fully saturated rings. The van der Waals surface area contributed by atoms with Crippen LogP contribution in [0.1, 0.15) is 0 Å². The summed E-state index contributed by atoms with van der Waals surface area (Å²) in [7, 11) is 0. The van der Waals surface area contributed by atoms with E-state index in [9.17, 15) is 0 Å². The molecule has 12 heavy (non-hydrogen) atoms. The summed E-state index contributed by atoms with van der Waals surface area (Å²) < 4.78 is 1.76. The predicted molar refractivity (Wildman–Crippen MR) is 58.6 cm³/mol. The standard InChI is InChI=1S/C6H2Br2N2S2/c7-4-2-11-5(10-4)3-1-12-6(8)9-3/h1-2H. The fourth-order valence-corrected chi connectivity index (χ4v) is 3.01. The van der Waals surface area contributed by atoms with E-state index in [0.29, 0.717) is 0 Å². The van der Waals surface area contributed by atoms with E-state index >= 15 is 0 Å². The molecule has 0 atom stereocenters. The molecule has 0 saturated heterocycles. The van der Waals surface area contributed by atoms with Crippen molar-refractivity contribution in [2.75, 3.05) is 0 Å². The Balaban J connectivity index is 2.43. The summed E-state index contributed by atoms with van der Waals surface area (Å²) in [5.41, 5.74) is 0.933. The minimum Gasteiger partial charge on any atom is -0.227 e. The molecule has 6 heteroatoms. The number of rotatable bonds is 1. The molecule has 0 amide bonds. The lowest BCUT2D eigenvalue weighted by Crippen LogP contribution is -1.73. The van der Waals surface area contributed by atoms with Crippen molar-refractivity contribution < 1.29 is 0 Å². The summed E-state index contributed by atoms with van der Waals surface area (Å²) in [6, 6.07) is 0. The SMILES string of the molecule is Brc1csc(-c2csc(Br)n2)n1. The van der Waals surface area contributed by atoms with Gasteiger partial charge in [-0.25, -0.2) is 9.97 Å². The van der Waals surface area contributed by atoms with E-state index in [2.05, 4.69) is 41.8 Å². The summed E-state index contributed by atoms with van der Waals surface area (Å²) >= 11 is 9.75. The first kappa shape index (κ1) is 8.80. The summed E-state index contributed by atoms with van der Waals surface area (Å²) in [4.78, 5) is 8.51. The third-order valence-electron chi connectivity index (χ3n) is 1.17. The molecular weight excluding hydrogens is 324 g/mol. The molecule has 0 bridgehead atoms. The van der Waals surface area contributed by atoms with Crippen LogP contribution in [0.25, 0.3) is 10.7 Å². The number of hydrogen-bond donors (Lipinski definition) is 0. The molecule has 2 aromatic rings. The summed E-state index contributed by atoms with van der Waals surface area (Å²) in [5.74, 6) is 0. The molecule has 2 rings (SSSR count). The first-order valence-electron chi connectivity index (χ1n) is 2.98. The Labute approximate surface area is 93.9 Å². The maximum absolute atomic E-state index is 4.26. The van der Waals surface area contributed by atoms with Crippen LogP contribution in [0.5, 0.6) is 0 Å². The second-order valence-corrected chi connectivity index (χ2v) is 5.77. The monoisotopic (exact) mass is 324 g/mol. The van der Waals surface area contributed by atoms with Crippen molar-refractivity contribution in [1.29, 1.82) is 0 Å². The number of thiazole rings is 2. The van der Waals surface area contributed by atoms with Gasteiger partial charge in [-0.2, -0.15) is 0 Å². The average Bonchev–Trinajstić information content (AvgIpc) is 2.58. The Hall–Kier alpha value is 0.220. The lowest BCUT2D eigenvalue weighted by molar-refractivity contribution is 1.30. The summed E-state index contributed by atoms with van der Waals surface area (Å²) in [6.45, 7) is 0. The zero-order chi connectivity index (χ0) is 8.55. The first-order chi connectivity index (χ1) is 5.75. The normalized spacial score (nSPS) is 10.5. The van der Waals surface area contributed by atoms with E-state index in [0.717, 1.165) is 19.2 Å². The topological polar surface area (TPSA) is 25.8 Å². The molecule has 0 aliphatic rings. The molecule has 0 N–H and O–H groups in total. The Kier molecular flexibility index (Phi) is 2.59. The Bertz CT molecular complexity index is 357. The van der Waals surface area contributed by atoms with Gasteiger partial charge in [0.2, 0.25) is 0 Å². The van der Waals surface area contributed by atoms with Crippen molar-refractivity contribution >= 4 is 54.5 Å². The van der Waals surface area contributed by atoms with Gasteiger partial charge in [0.25, 0.3) is 0 Å². The van der Waals surface area contributed by atoms with E-state index in [4.69, 9.17) is 0 Å². The highest BCUT2D eigenvalue weighted by Gasteiger charge is 2.06. The number of halogens is 2. The molecule has 0 aliphatic heterocycles. The van der Waals surface area contributed by atoms with Crippen LogP contribution in [0.2, 0.25) is 0 Å². The van der Waals surface area contributed by atoms with Gasteiger partial charge in [0, 0.05) is 10.8 Å². The minimum atomic E-state index is 0.867. The highest BCUT2D eigenvalue weighted by atomic mass is 79.9. The number of hydrogen-bond acceptors (Lipinski definition) is 4. The summed E-state index contributed by atoms with van der Waals surface area (Å²) in [5, 5.41) is 4.88. The Morgan fingerprint density at radius 2 is 1.92 bits per heavy atom. The van der Waals surface area contributed by atoms with Crippen LogP contribution in [-0.4, -0.2) is 9.97 Å². The lowest BCUT2D eigenvalue weighted by Gasteiger charge is -1.83.